The maximum absolute atomic E-state index is 11.5. The van der Waals surface area contributed by atoms with Crippen LogP contribution in [-0.4, -0.2) is 23.0 Å². The summed E-state index contributed by atoms with van der Waals surface area (Å²) in [6.45, 7) is 6.16. The zero-order chi connectivity index (χ0) is 14.6. The fraction of sp³-hybridized carbons (Fsp3) is 0.154. The topological polar surface area (TPSA) is 92.7 Å². The lowest BCUT2D eigenvalue weighted by Crippen LogP contribution is -2.15. The van der Waals surface area contributed by atoms with Crippen molar-refractivity contribution in [1.82, 2.24) is 0 Å². The largest absolute Gasteiger partial charge is 0.478 e. The van der Waals surface area contributed by atoms with Crippen molar-refractivity contribution >= 4 is 23.5 Å². The first-order valence-corrected chi connectivity index (χ1v) is 5.34. The number of nitrogens with one attached hydrogen (secondary N) is 1. The second kappa shape index (κ2) is 5.81. The third kappa shape index (κ3) is 3.95. The minimum absolute atomic E-state index is 0.0956. The summed E-state index contributed by atoms with van der Waals surface area (Å²) in [7, 11) is 0. The lowest BCUT2D eigenvalue weighted by Gasteiger charge is -2.10. The molecule has 19 heavy (non-hydrogen) atoms. The van der Waals surface area contributed by atoms with Gasteiger partial charge in [0, 0.05) is 12.5 Å². The van der Waals surface area contributed by atoms with Crippen molar-refractivity contribution in [3.63, 3.8) is 0 Å². The number of carboxylic acid groups (broad SMARTS) is 1. The fourth-order valence-electron chi connectivity index (χ4n) is 1.27. The summed E-state index contributed by atoms with van der Waals surface area (Å²) in [4.78, 5) is 33.4. The Morgan fingerprint density at radius 3 is 2.37 bits per heavy atom. The van der Waals surface area contributed by atoms with Gasteiger partial charge in [0.2, 0.25) is 0 Å². The number of esters is 1. The van der Waals surface area contributed by atoms with Gasteiger partial charge in [0.05, 0.1) is 11.3 Å². The van der Waals surface area contributed by atoms with Gasteiger partial charge in [0.25, 0.3) is 5.91 Å². The molecule has 6 nitrogen and oxygen atoms in total. The fourth-order valence-corrected chi connectivity index (χ4v) is 1.27. The second-order valence-corrected chi connectivity index (χ2v) is 3.84. The van der Waals surface area contributed by atoms with Crippen molar-refractivity contribution in [2.75, 3.05) is 5.32 Å². The Balaban J connectivity index is 3.11. The summed E-state index contributed by atoms with van der Waals surface area (Å²) in [5, 5.41) is 11.5. The highest BCUT2D eigenvalue weighted by molar-refractivity contribution is 6.06. The molecule has 0 heterocycles. The molecule has 0 radical (unpaired) electrons. The number of carbonyl (C=O) groups is 3. The molecule has 1 amide bonds. The first kappa shape index (κ1) is 14.4. The van der Waals surface area contributed by atoms with E-state index in [-0.39, 0.29) is 22.6 Å². The molecule has 0 aliphatic heterocycles. The number of rotatable bonds is 4. The van der Waals surface area contributed by atoms with E-state index in [1.165, 1.54) is 26.0 Å². The van der Waals surface area contributed by atoms with Crippen molar-refractivity contribution in [2.45, 2.75) is 13.8 Å². The first-order chi connectivity index (χ1) is 8.81. The minimum Gasteiger partial charge on any atom is -0.478 e. The number of carboxylic acids is 1. The summed E-state index contributed by atoms with van der Waals surface area (Å²) in [5.41, 5.74) is 0.185. The van der Waals surface area contributed by atoms with Gasteiger partial charge in [-0.05, 0) is 25.1 Å². The maximum Gasteiger partial charge on any atom is 0.337 e. The van der Waals surface area contributed by atoms with Gasteiger partial charge < -0.3 is 15.2 Å². The number of carbonyl (C=O) groups excluding carboxylic acids is 2. The van der Waals surface area contributed by atoms with Crippen LogP contribution in [0.5, 0.6) is 5.75 Å². The van der Waals surface area contributed by atoms with Gasteiger partial charge in [-0.15, -0.1) is 0 Å². The predicted octanol–water partition coefficient (Wildman–Crippen LogP) is 1.82. The van der Waals surface area contributed by atoms with Gasteiger partial charge in [-0.3, -0.25) is 9.59 Å². The monoisotopic (exact) mass is 263 g/mol. The molecule has 1 aromatic rings. The Labute approximate surface area is 109 Å². The predicted molar refractivity (Wildman–Crippen MR) is 68.2 cm³/mol. The molecule has 0 bridgehead atoms. The van der Waals surface area contributed by atoms with Gasteiger partial charge in [0.15, 0.2) is 0 Å². The number of aromatic carboxylic acids is 1. The molecule has 1 aromatic carbocycles. The molecule has 0 aliphatic rings. The molecule has 0 unspecified atom stereocenters. The summed E-state index contributed by atoms with van der Waals surface area (Å²) in [5.74, 6) is -2.19. The Hall–Kier alpha value is -2.63. The van der Waals surface area contributed by atoms with Gasteiger partial charge in [-0.2, -0.15) is 0 Å². The molecule has 0 atom stereocenters. The van der Waals surface area contributed by atoms with E-state index in [0.29, 0.717) is 0 Å². The molecule has 0 saturated carbocycles. The van der Waals surface area contributed by atoms with Gasteiger partial charge in [-0.25, -0.2) is 4.79 Å². The molecule has 0 fully saturated rings. The number of amides is 1. The number of hydrogen-bond acceptors (Lipinski definition) is 4. The molecule has 0 spiro atoms. The van der Waals surface area contributed by atoms with E-state index < -0.39 is 17.8 Å². The van der Waals surface area contributed by atoms with Gasteiger partial charge >= 0.3 is 11.9 Å². The molecule has 100 valence electrons. The van der Waals surface area contributed by atoms with Crippen LogP contribution in [0, 0.1) is 0 Å². The van der Waals surface area contributed by atoms with E-state index in [0.717, 1.165) is 6.07 Å². The third-order valence-electron chi connectivity index (χ3n) is 2.12. The zero-order valence-corrected chi connectivity index (χ0v) is 10.5. The normalized spacial score (nSPS) is 9.58. The number of hydrogen-bond donors (Lipinski definition) is 2. The third-order valence-corrected chi connectivity index (χ3v) is 2.12. The Morgan fingerprint density at radius 1 is 1.26 bits per heavy atom. The summed E-state index contributed by atoms with van der Waals surface area (Å²) in [6.07, 6.45) is 0. The number of ether oxygens (including phenoxy) is 1. The summed E-state index contributed by atoms with van der Waals surface area (Å²) >= 11 is 0. The summed E-state index contributed by atoms with van der Waals surface area (Å²) in [6, 6.07) is 3.90. The van der Waals surface area contributed by atoms with Crippen molar-refractivity contribution < 1.29 is 24.2 Å². The van der Waals surface area contributed by atoms with Gasteiger partial charge in [0.1, 0.15) is 5.75 Å². The van der Waals surface area contributed by atoms with Crippen LogP contribution in [0.15, 0.2) is 30.4 Å². The Morgan fingerprint density at radius 2 is 1.89 bits per heavy atom. The maximum atomic E-state index is 11.5. The van der Waals surface area contributed by atoms with Crippen LogP contribution in [0.1, 0.15) is 24.2 Å². The van der Waals surface area contributed by atoms with Crippen LogP contribution in [0.4, 0.5) is 5.69 Å². The van der Waals surface area contributed by atoms with Gasteiger partial charge in [-0.1, -0.05) is 6.58 Å². The van der Waals surface area contributed by atoms with Crippen LogP contribution in [-0.2, 0) is 9.59 Å². The van der Waals surface area contributed by atoms with Crippen LogP contribution < -0.4 is 10.1 Å². The quantitative estimate of drug-likeness (QED) is 0.491. The average molecular weight is 263 g/mol. The zero-order valence-electron chi connectivity index (χ0n) is 10.5. The highest BCUT2D eigenvalue weighted by atomic mass is 16.5. The molecule has 0 aliphatic carbocycles. The molecular weight excluding hydrogens is 250 g/mol. The van der Waals surface area contributed by atoms with Crippen molar-refractivity contribution in [1.29, 1.82) is 0 Å². The highest BCUT2D eigenvalue weighted by Crippen LogP contribution is 2.23. The van der Waals surface area contributed by atoms with Crippen LogP contribution in [0.3, 0.4) is 0 Å². The van der Waals surface area contributed by atoms with E-state index in [1.807, 2.05) is 0 Å². The van der Waals surface area contributed by atoms with E-state index in [2.05, 4.69) is 11.9 Å². The van der Waals surface area contributed by atoms with Crippen molar-refractivity contribution in [2.24, 2.45) is 0 Å². The molecule has 6 heteroatoms. The van der Waals surface area contributed by atoms with Crippen molar-refractivity contribution in [3.05, 3.63) is 35.9 Å². The first-order valence-electron chi connectivity index (χ1n) is 5.34. The molecular formula is C13H13NO5. The standard InChI is InChI=1S/C13H13NO5/c1-7(2)12(16)14-11-5-4-9(19-8(3)15)6-10(11)13(17)18/h4-6H,1H2,2-3H3,(H,14,16)(H,17,18). The average Bonchev–Trinajstić information content (AvgIpc) is 2.29. The van der Waals surface area contributed by atoms with Crippen LogP contribution in [0.2, 0.25) is 0 Å². The molecule has 0 aromatic heterocycles. The molecule has 0 saturated heterocycles. The molecule has 2 N–H and O–H groups in total. The minimum atomic E-state index is -1.24. The van der Waals surface area contributed by atoms with E-state index >= 15 is 0 Å². The Bertz CT molecular complexity index is 562. The van der Waals surface area contributed by atoms with E-state index in [9.17, 15) is 14.4 Å². The Kier molecular flexibility index (Phi) is 4.41. The lowest BCUT2D eigenvalue weighted by molar-refractivity contribution is -0.131. The van der Waals surface area contributed by atoms with E-state index in [1.54, 1.807) is 0 Å². The van der Waals surface area contributed by atoms with E-state index in [4.69, 9.17) is 9.84 Å². The second-order valence-electron chi connectivity index (χ2n) is 3.84. The number of anilines is 1. The van der Waals surface area contributed by atoms with Crippen LogP contribution in [0.25, 0.3) is 0 Å². The summed E-state index contributed by atoms with van der Waals surface area (Å²) < 4.78 is 4.78. The highest BCUT2D eigenvalue weighted by Gasteiger charge is 2.14. The molecule has 1 rings (SSSR count). The smallest absolute Gasteiger partial charge is 0.337 e. The number of benzene rings is 1. The lowest BCUT2D eigenvalue weighted by atomic mass is 10.1. The van der Waals surface area contributed by atoms with Crippen LogP contribution >= 0.6 is 0 Å². The van der Waals surface area contributed by atoms with Crippen molar-refractivity contribution in [3.8, 4) is 5.75 Å². The SMILES string of the molecule is C=C(C)C(=O)Nc1ccc(OC(C)=O)cc1C(=O)O.